The predicted molar refractivity (Wildman–Crippen MR) is 71.0 cm³/mol. The van der Waals surface area contributed by atoms with Gasteiger partial charge in [-0.25, -0.2) is 9.59 Å². The molecule has 0 aliphatic carbocycles. The molecule has 8 heteroatoms. The maximum Gasteiger partial charge on any atom is 0.331 e. The van der Waals surface area contributed by atoms with E-state index < -0.39 is 30.4 Å². The van der Waals surface area contributed by atoms with E-state index in [0.29, 0.717) is 0 Å². The summed E-state index contributed by atoms with van der Waals surface area (Å²) in [7, 11) is 2.54. The van der Waals surface area contributed by atoms with Gasteiger partial charge in [0.15, 0.2) is 6.61 Å². The molecule has 0 aliphatic rings. The SMILES string of the molecule is COC(=O)C=CC(=O)OCC(=O)N(C)CC(=O)OC(C)C. The Kier molecular flexibility index (Phi) is 8.43. The van der Waals surface area contributed by atoms with Gasteiger partial charge in [0.25, 0.3) is 5.91 Å². The van der Waals surface area contributed by atoms with Crippen LogP contribution in [0.5, 0.6) is 0 Å². The van der Waals surface area contributed by atoms with E-state index in [1.54, 1.807) is 13.8 Å². The summed E-state index contributed by atoms with van der Waals surface area (Å²) in [6.07, 6.45) is 1.44. The van der Waals surface area contributed by atoms with E-state index in [4.69, 9.17) is 4.74 Å². The Labute approximate surface area is 122 Å². The Morgan fingerprint density at radius 2 is 1.67 bits per heavy atom. The minimum absolute atomic E-state index is 0.243. The van der Waals surface area contributed by atoms with Crippen LogP contribution in [0.3, 0.4) is 0 Å². The van der Waals surface area contributed by atoms with Crippen LogP contribution in [0.25, 0.3) is 0 Å². The van der Waals surface area contributed by atoms with Gasteiger partial charge in [0.05, 0.1) is 13.2 Å². The zero-order chi connectivity index (χ0) is 16.4. The van der Waals surface area contributed by atoms with Crippen molar-refractivity contribution in [1.82, 2.24) is 4.90 Å². The summed E-state index contributed by atoms with van der Waals surface area (Å²) in [6.45, 7) is 2.59. The largest absolute Gasteiger partial charge is 0.466 e. The normalized spacial score (nSPS) is 10.3. The highest BCUT2D eigenvalue weighted by Crippen LogP contribution is 1.94. The second kappa shape index (κ2) is 9.51. The highest BCUT2D eigenvalue weighted by molar-refractivity contribution is 5.92. The van der Waals surface area contributed by atoms with Gasteiger partial charge < -0.3 is 19.1 Å². The van der Waals surface area contributed by atoms with Crippen molar-refractivity contribution in [3.63, 3.8) is 0 Å². The number of rotatable bonds is 7. The highest BCUT2D eigenvalue weighted by Gasteiger charge is 2.16. The molecule has 0 aromatic carbocycles. The number of hydrogen-bond donors (Lipinski definition) is 0. The zero-order valence-corrected chi connectivity index (χ0v) is 12.5. The fraction of sp³-hybridized carbons (Fsp3) is 0.538. The minimum Gasteiger partial charge on any atom is -0.466 e. The first-order valence-electron chi connectivity index (χ1n) is 6.12. The van der Waals surface area contributed by atoms with Gasteiger partial charge in [0.1, 0.15) is 6.54 Å². The molecule has 0 saturated heterocycles. The van der Waals surface area contributed by atoms with Crippen LogP contribution < -0.4 is 0 Å². The van der Waals surface area contributed by atoms with E-state index in [2.05, 4.69) is 9.47 Å². The van der Waals surface area contributed by atoms with Crippen molar-refractivity contribution < 1.29 is 33.4 Å². The summed E-state index contributed by atoms with van der Waals surface area (Å²) in [5, 5.41) is 0. The number of methoxy groups -OCH3 is 1. The molecule has 0 radical (unpaired) electrons. The number of amides is 1. The molecule has 0 unspecified atom stereocenters. The molecule has 0 N–H and O–H groups in total. The zero-order valence-electron chi connectivity index (χ0n) is 12.5. The number of likely N-dealkylation sites (N-methyl/N-ethyl adjacent to an activating group) is 1. The fourth-order valence-electron chi connectivity index (χ4n) is 1.08. The van der Waals surface area contributed by atoms with Crippen molar-refractivity contribution in [1.29, 1.82) is 0 Å². The summed E-state index contributed by atoms with van der Waals surface area (Å²) in [5.74, 6) is -2.72. The lowest BCUT2D eigenvalue weighted by Gasteiger charge is -2.17. The van der Waals surface area contributed by atoms with Gasteiger partial charge in [-0.2, -0.15) is 0 Å². The average molecular weight is 301 g/mol. The third-order valence-electron chi connectivity index (χ3n) is 2.05. The Balaban J connectivity index is 4.13. The van der Waals surface area contributed by atoms with Crippen LogP contribution in [0.1, 0.15) is 13.8 Å². The van der Waals surface area contributed by atoms with Gasteiger partial charge in [-0.15, -0.1) is 0 Å². The van der Waals surface area contributed by atoms with E-state index in [1.807, 2.05) is 0 Å². The van der Waals surface area contributed by atoms with Crippen molar-refractivity contribution in [2.45, 2.75) is 20.0 Å². The third kappa shape index (κ3) is 9.20. The summed E-state index contributed by atoms with van der Waals surface area (Å²) in [5.41, 5.74) is 0. The molecule has 8 nitrogen and oxygen atoms in total. The number of esters is 3. The van der Waals surface area contributed by atoms with Gasteiger partial charge in [-0.05, 0) is 13.8 Å². The number of nitrogens with zero attached hydrogens (tertiary/aromatic N) is 1. The van der Waals surface area contributed by atoms with Gasteiger partial charge >= 0.3 is 17.9 Å². The van der Waals surface area contributed by atoms with Crippen LogP contribution in [-0.2, 0) is 33.4 Å². The molecule has 0 spiro atoms. The third-order valence-corrected chi connectivity index (χ3v) is 2.05. The lowest BCUT2D eigenvalue weighted by Crippen LogP contribution is -2.36. The summed E-state index contributed by atoms with van der Waals surface area (Å²) < 4.78 is 13.8. The topological polar surface area (TPSA) is 99.2 Å². The maximum absolute atomic E-state index is 11.6. The molecule has 0 aliphatic heterocycles. The van der Waals surface area contributed by atoms with Crippen LogP contribution in [0, 0.1) is 0 Å². The molecule has 21 heavy (non-hydrogen) atoms. The molecule has 0 heterocycles. The van der Waals surface area contributed by atoms with E-state index in [1.165, 1.54) is 7.05 Å². The first-order valence-corrected chi connectivity index (χ1v) is 6.12. The van der Waals surface area contributed by atoms with E-state index >= 15 is 0 Å². The molecular formula is C13H19NO7. The van der Waals surface area contributed by atoms with E-state index in [9.17, 15) is 19.2 Å². The van der Waals surface area contributed by atoms with Crippen LogP contribution in [0.2, 0.25) is 0 Å². The van der Waals surface area contributed by atoms with Crippen LogP contribution >= 0.6 is 0 Å². The summed E-state index contributed by atoms with van der Waals surface area (Å²) >= 11 is 0. The second-order valence-electron chi connectivity index (χ2n) is 4.25. The van der Waals surface area contributed by atoms with Gasteiger partial charge in [0.2, 0.25) is 0 Å². The molecule has 0 saturated carbocycles. The van der Waals surface area contributed by atoms with Crippen molar-refractivity contribution in [2.24, 2.45) is 0 Å². The average Bonchev–Trinajstić information content (AvgIpc) is 2.40. The van der Waals surface area contributed by atoms with Crippen molar-refractivity contribution in [2.75, 3.05) is 27.3 Å². The molecular weight excluding hydrogens is 282 g/mol. The van der Waals surface area contributed by atoms with Gasteiger partial charge in [0, 0.05) is 19.2 Å². The Hall–Kier alpha value is -2.38. The lowest BCUT2D eigenvalue weighted by molar-refractivity contribution is -0.154. The summed E-state index contributed by atoms with van der Waals surface area (Å²) in [6, 6.07) is 0. The van der Waals surface area contributed by atoms with Crippen molar-refractivity contribution in [3.05, 3.63) is 12.2 Å². The number of hydrogen-bond acceptors (Lipinski definition) is 7. The molecule has 0 aromatic rings. The van der Waals surface area contributed by atoms with E-state index in [0.717, 1.165) is 24.2 Å². The minimum atomic E-state index is -0.869. The van der Waals surface area contributed by atoms with Gasteiger partial charge in [-0.1, -0.05) is 0 Å². The molecule has 0 atom stereocenters. The maximum atomic E-state index is 11.6. The first kappa shape index (κ1) is 18.6. The van der Waals surface area contributed by atoms with Gasteiger partial charge in [-0.3, -0.25) is 9.59 Å². The van der Waals surface area contributed by atoms with Crippen LogP contribution in [0.15, 0.2) is 12.2 Å². The van der Waals surface area contributed by atoms with E-state index in [-0.39, 0.29) is 12.6 Å². The molecule has 1 amide bonds. The van der Waals surface area contributed by atoms with Crippen LogP contribution in [0.4, 0.5) is 0 Å². The highest BCUT2D eigenvalue weighted by atomic mass is 16.5. The van der Waals surface area contributed by atoms with Crippen LogP contribution in [-0.4, -0.2) is 62.1 Å². The Morgan fingerprint density at radius 3 is 2.19 bits per heavy atom. The number of carbonyl (C=O) groups is 4. The number of ether oxygens (including phenoxy) is 3. The monoisotopic (exact) mass is 301 g/mol. The first-order chi connectivity index (χ1) is 9.76. The molecule has 0 fully saturated rings. The van der Waals surface area contributed by atoms with Crippen molar-refractivity contribution >= 4 is 23.8 Å². The lowest BCUT2D eigenvalue weighted by atomic mass is 10.4. The summed E-state index contributed by atoms with van der Waals surface area (Å²) in [4.78, 5) is 45.9. The van der Waals surface area contributed by atoms with Crippen molar-refractivity contribution in [3.8, 4) is 0 Å². The Bertz CT molecular complexity index is 428. The Morgan fingerprint density at radius 1 is 1.10 bits per heavy atom. The molecule has 0 rings (SSSR count). The fourth-order valence-corrected chi connectivity index (χ4v) is 1.08. The number of carbonyl (C=O) groups excluding carboxylic acids is 4. The predicted octanol–water partition coefficient (Wildman–Crippen LogP) is -0.331. The second-order valence-corrected chi connectivity index (χ2v) is 4.25. The molecule has 118 valence electrons. The smallest absolute Gasteiger partial charge is 0.331 e. The standard InChI is InChI=1S/C13H19NO7/c1-9(2)21-13(18)7-14(3)10(15)8-20-12(17)6-5-11(16)19-4/h5-6,9H,7-8H2,1-4H3. The molecule has 0 bridgehead atoms. The molecule has 0 aromatic heterocycles. The quantitative estimate of drug-likeness (QED) is 0.360.